The molecule has 0 bridgehead atoms. The van der Waals surface area contributed by atoms with Crippen molar-refractivity contribution in [2.75, 3.05) is 13.2 Å². The van der Waals surface area contributed by atoms with Crippen molar-refractivity contribution in [1.82, 2.24) is 5.32 Å². The monoisotopic (exact) mass is 380 g/mol. The van der Waals surface area contributed by atoms with E-state index in [1.807, 2.05) is 0 Å². The van der Waals surface area contributed by atoms with Crippen LogP contribution in [0.15, 0.2) is 4.99 Å². The molecule has 12 heteroatoms. The van der Waals surface area contributed by atoms with Crippen LogP contribution in [0.3, 0.4) is 0 Å². The van der Waals surface area contributed by atoms with Crippen molar-refractivity contribution in [2.45, 2.75) is 67.7 Å². The van der Waals surface area contributed by atoms with Crippen LogP contribution in [0.5, 0.6) is 0 Å². The van der Waals surface area contributed by atoms with E-state index in [1.165, 1.54) is 0 Å². The Kier molecular flexibility index (Phi) is 5.96. The first-order chi connectivity index (χ1) is 12.4. The summed E-state index contributed by atoms with van der Waals surface area (Å²) in [5, 5.41) is 70.5. The van der Waals surface area contributed by atoms with Gasteiger partial charge in [-0.05, 0) is 6.42 Å². The lowest BCUT2D eigenvalue weighted by Crippen LogP contribution is -2.63. The molecule has 0 radical (unpaired) electrons. The molecule has 3 rings (SSSR count). The molecule has 8 N–H and O–H groups in total. The zero-order valence-electron chi connectivity index (χ0n) is 13.7. The van der Waals surface area contributed by atoms with Crippen LogP contribution in [0.2, 0.25) is 0 Å². The number of amidine groups is 1. The fourth-order valence-electron chi connectivity index (χ4n) is 3.21. The first-order valence-corrected chi connectivity index (χ1v) is 8.31. The molecule has 2 saturated heterocycles. The van der Waals surface area contributed by atoms with E-state index in [0.717, 1.165) is 0 Å². The largest absolute Gasteiger partial charge is 0.454 e. The number of aliphatic imine (C=N–C) groups is 1. The van der Waals surface area contributed by atoms with Crippen LogP contribution in [0.1, 0.15) is 6.42 Å². The molecule has 0 aromatic rings. The van der Waals surface area contributed by atoms with E-state index in [-0.39, 0.29) is 19.0 Å². The van der Waals surface area contributed by atoms with Gasteiger partial charge in [0.05, 0.1) is 12.7 Å². The van der Waals surface area contributed by atoms with E-state index < -0.39 is 67.9 Å². The van der Waals surface area contributed by atoms with Crippen molar-refractivity contribution in [1.29, 1.82) is 0 Å². The summed E-state index contributed by atoms with van der Waals surface area (Å²) >= 11 is 0. The Bertz CT molecular complexity index is 520. The summed E-state index contributed by atoms with van der Waals surface area (Å²) in [4.78, 5) is 4.06. The smallest absolute Gasteiger partial charge is 0.289 e. The molecule has 0 spiro atoms. The quantitative estimate of drug-likeness (QED) is 0.233. The second-order valence-corrected chi connectivity index (χ2v) is 6.47. The normalized spacial score (nSPS) is 48.5. The molecule has 0 saturated carbocycles. The maximum atomic E-state index is 10.2. The van der Waals surface area contributed by atoms with Crippen LogP contribution < -0.4 is 5.32 Å². The molecule has 12 nitrogen and oxygen atoms in total. The molecule has 0 aromatic heterocycles. The lowest BCUT2D eigenvalue weighted by atomic mass is 9.96. The number of aliphatic hydroxyl groups is 7. The summed E-state index contributed by atoms with van der Waals surface area (Å²) in [5.41, 5.74) is 0. The van der Waals surface area contributed by atoms with Gasteiger partial charge < -0.3 is 55.3 Å². The summed E-state index contributed by atoms with van der Waals surface area (Å²) in [6, 6.07) is -0.166. The van der Waals surface area contributed by atoms with Crippen molar-refractivity contribution >= 4 is 6.02 Å². The Morgan fingerprint density at radius 3 is 2.19 bits per heavy atom. The molecule has 2 fully saturated rings. The number of ether oxygens (including phenoxy) is 3. The SMILES string of the molecule is OCC[C@H]1O[C@H]2N=C(N[C@@H]3O[C@H](CO)[C@@H](O)[C@H](O)[C@H]3O)O[C@@H]2[C@@H](O)[C@@H]1O. The van der Waals surface area contributed by atoms with Gasteiger partial charge in [-0.2, -0.15) is 4.99 Å². The summed E-state index contributed by atoms with van der Waals surface area (Å²) < 4.78 is 16.2. The Morgan fingerprint density at radius 2 is 1.54 bits per heavy atom. The van der Waals surface area contributed by atoms with Gasteiger partial charge in [0.2, 0.25) is 0 Å². The highest BCUT2D eigenvalue weighted by Gasteiger charge is 2.50. The minimum atomic E-state index is -1.57. The molecule has 10 atom stereocenters. The Morgan fingerprint density at radius 1 is 0.846 bits per heavy atom. The van der Waals surface area contributed by atoms with Gasteiger partial charge in [-0.15, -0.1) is 0 Å². The van der Waals surface area contributed by atoms with Crippen LogP contribution in [0.4, 0.5) is 0 Å². The van der Waals surface area contributed by atoms with E-state index in [2.05, 4.69) is 10.3 Å². The molecular weight excluding hydrogens is 356 g/mol. The van der Waals surface area contributed by atoms with Crippen LogP contribution in [0.25, 0.3) is 0 Å². The van der Waals surface area contributed by atoms with Crippen molar-refractivity contribution in [3.05, 3.63) is 0 Å². The number of fused-ring (bicyclic) bond motifs is 1. The Labute approximate surface area is 148 Å². The van der Waals surface area contributed by atoms with E-state index in [1.54, 1.807) is 0 Å². The van der Waals surface area contributed by atoms with Crippen LogP contribution in [-0.4, -0.2) is 116 Å². The molecule has 3 aliphatic heterocycles. The third-order valence-corrected chi connectivity index (χ3v) is 4.73. The summed E-state index contributed by atoms with van der Waals surface area (Å²) in [7, 11) is 0. The van der Waals surface area contributed by atoms with E-state index in [4.69, 9.17) is 19.3 Å². The van der Waals surface area contributed by atoms with Gasteiger partial charge in [-0.3, -0.25) is 0 Å². The summed E-state index contributed by atoms with van der Waals surface area (Å²) in [5.74, 6) is 0. The Hall–Kier alpha value is -1.09. The molecule has 0 aliphatic carbocycles. The fraction of sp³-hybridized carbons (Fsp3) is 0.929. The maximum Gasteiger partial charge on any atom is 0.289 e. The van der Waals surface area contributed by atoms with E-state index >= 15 is 0 Å². The van der Waals surface area contributed by atoms with Gasteiger partial charge in [-0.25, -0.2) is 0 Å². The van der Waals surface area contributed by atoms with Crippen molar-refractivity contribution in [3.8, 4) is 0 Å². The highest BCUT2D eigenvalue weighted by molar-refractivity contribution is 5.76. The average Bonchev–Trinajstić information content (AvgIpc) is 3.02. The van der Waals surface area contributed by atoms with Gasteiger partial charge in [-0.1, -0.05) is 0 Å². The molecular formula is C14H24N2O10. The number of nitrogens with zero attached hydrogens (tertiary/aromatic N) is 1. The standard InChI is InChI=1S/C14H24N2O10/c17-2-1-4-6(19)9(22)11-13(24-4)16-14(26-11)15-12-10(23)8(21)7(20)5(3-18)25-12/h4-13,17-23H,1-3H2,(H,15,16)/t4-,5-,6-,7-,8+,9+,10-,11-,12-,13-/m1/s1. The van der Waals surface area contributed by atoms with Crippen LogP contribution >= 0.6 is 0 Å². The van der Waals surface area contributed by atoms with E-state index in [9.17, 15) is 30.6 Å². The summed E-state index contributed by atoms with van der Waals surface area (Å²) in [6.07, 6.45) is -12.2. The molecule has 0 unspecified atom stereocenters. The second kappa shape index (κ2) is 7.88. The van der Waals surface area contributed by atoms with Crippen molar-refractivity contribution in [3.63, 3.8) is 0 Å². The average molecular weight is 380 g/mol. The lowest BCUT2D eigenvalue weighted by molar-refractivity contribution is -0.234. The molecule has 3 aliphatic rings. The highest BCUT2D eigenvalue weighted by Crippen LogP contribution is 2.30. The van der Waals surface area contributed by atoms with Gasteiger partial charge in [0.25, 0.3) is 6.02 Å². The second-order valence-electron chi connectivity index (χ2n) is 6.47. The van der Waals surface area contributed by atoms with Crippen molar-refractivity contribution < 1.29 is 50.0 Å². The minimum Gasteiger partial charge on any atom is -0.454 e. The van der Waals surface area contributed by atoms with Crippen LogP contribution in [-0.2, 0) is 14.2 Å². The van der Waals surface area contributed by atoms with Gasteiger partial charge in [0, 0.05) is 6.61 Å². The third-order valence-electron chi connectivity index (χ3n) is 4.73. The molecule has 3 heterocycles. The van der Waals surface area contributed by atoms with Gasteiger partial charge in [0.1, 0.15) is 36.6 Å². The number of nitrogens with one attached hydrogen (secondary N) is 1. The molecule has 0 amide bonds. The maximum absolute atomic E-state index is 10.2. The first kappa shape index (κ1) is 19.7. The van der Waals surface area contributed by atoms with Gasteiger partial charge in [0.15, 0.2) is 18.6 Å². The zero-order valence-corrected chi connectivity index (χ0v) is 13.7. The third kappa shape index (κ3) is 3.52. The minimum absolute atomic E-state index is 0.104. The van der Waals surface area contributed by atoms with Gasteiger partial charge >= 0.3 is 0 Å². The molecule has 150 valence electrons. The zero-order chi connectivity index (χ0) is 19.0. The topological polar surface area (TPSA) is 194 Å². The van der Waals surface area contributed by atoms with E-state index in [0.29, 0.717) is 0 Å². The highest BCUT2D eigenvalue weighted by atomic mass is 16.6. The molecule has 26 heavy (non-hydrogen) atoms. The predicted octanol–water partition coefficient (Wildman–Crippen LogP) is -5.04. The van der Waals surface area contributed by atoms with Crippen molar-refractivity contribution in [2.24, 2.45) is 4.99 Å². The number of hydrogen-bond acceptors (Lipinski definition) is 12. The first-order valence-electron chi connectivity index (χ1n) is 8.31. The fourth-order valence-corrected chi connectivity index (χ4v) is 3.21. The number of hydrogen-bond donors (Lipinski definition) is 8. The molecule has 0 aromatic carbocycles. The Balaban J connectivity index is 1.67. The number of aliphatic hydroxyl groups excluding tert-OH is 7. The summed E-state index contributed by atoms with van der Waals surface area (Å²) in [6.45, 7) is -0.828. The number of rotatable bonds is 4. The predicted molar refractivity (Wildman–Crippen MR) is 81.6 cm³/mol. The lowest BCUT2D eigenvalue weighted by Gasteiger charge is -2.40. The van der Waals surface area contributed by atoms with Crippen LogP contribution in [0, 0.1) is 0 Å².